The van der Waals surface area contributed by atoms with Crippen molar-refractivity contribution in [2.75, 3.05) is 18.4 Å². The fourth-order valence-electron chi connectivity index (χ4n) is 2.42. The summed E-state index contributed by atoms with van der Waals surface area (Å²) < 4.78 is 0. The normalized spacial score (nSPS) is 11.2. The Bertz CT molecular complexity index is 686. The van der Waals surface area contributed by atoms with Gasteiger partial charge in [-0.3, -0.25) is 9.59 Å². The molecular formula is C19H24ClN3O2. The van der Waals surface area contributed by atoms with Crippen LogP contribution in [-0.2, 0) is 4.79 Å². The molecule has 3 N–H and O–H groups in total. The van der Waals surface area contributed by atoms with Gasteiger partial charge in [-0.15, -0.1) is 12.4 Å². The van der Waals surface area contributed by atoms with E-state index in [4.69, 9.17) is 5.73 Å². The summed E-state index contributed by atoms with van der Waals surface area (Å²) in [5.41, 5.74) is 7.93. The van der Waals surface area contributed by atoms with Crippen molar-refractivity contribution in [2.24, 2.45) is 5.73 Å². The number of amides is 2. The number of carbonyl (C=O) groups is 2. The zero-order chi connectivity index (χ0) is 17.5. The van der Waals surface area contributed by atoms with Gasteiger partial charge in [-0.2, -0.15) is 0 Å². The minimum absolute atomic E-state index is 0. The van der Waals surface area contributed by atoms with Gasteiger partial charge in [0.2, 0.25) is 5.91 Å². The van der Waals surface area contributed by atoms with Gasteiger partial charge < -0.3 is 16.0 Å². The number of hydrogen-bond acceptors (Lipinski definition) is 3. The molecule has 2 aromatic carbocycles. The van der Waals surface area contributed by atoms with Crippen LogP contribution in [0.1, 0.15) is 35.8 Å². The highest BCUT2D eigenvalue weighted by atomic mass is 35.5. The molecular weight excluding hydrogens is 338 g/mol. The minimum Gasteiger partial charge on any atom is -0.339 e. The molecule has 0 aliphatic carbocycles. The van der Waals surface area contributed by atoms with Gasteiger partial charge >= 0.3 is 0 Å². The zero-order valence-electron chi connectivity index (χ0n) is 14.4. The van der Waals surface area contributed by atoms with E-state index in [2.05, 4.69) is 5.32 Å². The number of hydrogen-bond donors (Lipinski definition) is 2. The van der Waals surface area contributed by atoms with Crippen LogP contribution >= 0.6 is 12.4 Å². The van der Waals surface area contributed by atoms with Gasteiger partial charge in [-0.05, 0) is 43.7 Å². The van der Waals surface area contributed by atoms with Gasteiger partial charge in [0.05, 0.1) is 0 Å². The highest BCUT2D eigenvalue weighted by Gasteiger charge is 2.16. The highest BCUT2D eigenvalue weighted by Crippen LogP contribution is 2.15. The Kier molecular flexibility index (Phi) is 8.11. The Morgan fingerprint density at radius 3 is 2.08 bits per heavy atom. The van der Waals surface area contributed by atoms with Gasteiger partial charge in [0, 0.05) is 24.3 Å². The number of benzene rings is 2. The summed E-state index contributed by atoms with van der Waals surface area (Å²) in [6.07, 6.45) is 0. The standard InChI is InChI=1S/C19H23N3O2.ClH/c1-3-22(4-2)19(24)15-10-12-16(13-11-15)21-18(23)17(20)14-8-6-5-7-9-14;/h5-13,17H,3-4,20H2,1-2H3,(H,21,23);1H. The highest BCUT2D eigenvalue weighted by molar-refractivity contribution is 5.97. The molecule has 2 rings (SSSR count). The molecule has 0 heterocycles. The largest absolute Gasteiger partial charge is 0.339 e. The van der Waals surface area contributed by atoms with Crippen molar-refractivity contribution < 1.29 is 9.59 Å². The molecule has 0 saturated heterocycles. The molecule has 0 aromatic heterocycles. The van der Waals surface area contributed by atoms with Gasteiger partial charge in [0.15, 0.2) is 0 Å². The lowest BCUT2D eigenvalue weighted by Crippen LogP contribution is -2.30. The van der Waals surface area contributed by atoms with E-state index in [1.807, 2.05) is 44.2 Å². The summed E-state index contributed by atoms with van der Waals surface area (Å²) in [6.45, 7) is 5.22. The van der Waals surface area contributed by atoms with Crippen LogP contribution < -0.4 is 11.1 Å². The fraction of sp³-hybridized carbons (Fsp3) is 0.263. The second kappa shape index (κ2) is 9.81. The quantitative estimate of drug-likeness (QED) is 0.829. The summed E-state index contributed by atoms with van der Waals surface area (Å²) in [7, 11) is 0. The molecule has 5 nitrogen and oxygen atoms in total. The predicted octanol–water partition coefficient (Wildman–Crippen LogP) is 3.23. The number of anilines is 1. The number of halogens is 1. The van der Waals surface area contributed by atoms with Crippen LogP contribution in [0.15, 0.2) is 54.6 Å². The number of nitrogens with zero attached hydrogens (tertiary/aromatic N) is 1. The second-order valence-corrected chi connectivity index (χ2v) is 5.43. The molecule has 2 amide bonds. The summed E-state index contributed by atoms with van der Waals surface area (Å²) in [6, 6.07) is 15.3. The van der Waals surface area contributed by atoms with E-state index in [0.29, 0.717) is 24.3 Å². The molecule has 0 fully saturated rings. The average molecular weight is 362 g/mol. The van der Waals surface area contributed by atoms with Gasteiger partial charge in [-0.25, -0.2) is 0 Å². The Morgan fingerprint density at radius 1 is 1.00 bits per heavy atom. The van der Waals surface area contributed by atoms with Crippen LogP contribution in [0.2, 0.25) is 0 Å². The lowest BCUT2D eigenvalue weighted by atomic mass is 10.1. The molecule has 0 aliphatic heterocycles. The molecule has 0 saturated carbocycles. The van der Waals surface area contributed by atoms with Gasteiger partial charge in [0.1, 0.15) is 6.04 Å². The van der Waals surface area contributed by atoms with Crippen LogP contribution in [0.5, 0.6) is 0 Å². The SMILES string of the molecule is CCN(CC)C(=O)c1ccc(NC(=O)C(N)c2ccccc2)cc1.Cl. The van der Waals surface area contributed by atoms with E-state index in [9.17, 15) is 9.59 Å². The van der Waals surface area contributed by atoms with Crippen LogP contribution in [0.3, 0.4) is 0 Å². The van der Waals surface area contributed by atoms with Gasteiger partial charge in [0.25, 0.3) is 5.91 Å². The third-order valence-electron chi connectivity index (χ3n) is 3.89. The lowest BCUT2D eigenvalue weighted by Gasteiger charge is -2.18. The first-order chi connectivity index (χ1) is 11.6. The molecule has 0 bridgehead atoms. The van der Waals surface area contributed by atoms with E-state index in [1.54, 1.807) is 29.2 Å². The van der Waals surface area contributed by atoms with Crippen LogP contribution in [0, 0.1) is 0 Å². The molecule has 1 unspecified atom stereocenters. The zero-order valence-corrected chi connectivity index (χ0v) is 15.3. The van der Waals surface area contributed by atoms with Crippen LogP contribution in [0.4, 0.5) is 5.69 Å². The third-order valence-corrected chi connectivity index (χ3v) is 3.89. The van der Waals surface area contributed by atoms with Crippen LogP contribution in [-0.4, -0.2) is 29.8 Å². The maximum Gasteiger partial charge on any atom is 0.253 e. The van der Waals surface area contributed by atoms with Crippen molar-refractivity contribution in [3.05, 3.63) is 65.7 Å². The van der Waals surface area contributed by atoms with Crippen molar-refractivity contribution in [3.63, 3.8) is 0 Å². The molecule has 134 valence electrons. The first kappa shape index (κ1) is 20.7. The average Bonchev–Trinajstić information content (AvgIpc) is 2.63. The molecule has 2 aromatic rings. The lowest BCUT2D eigenvalue weighted by molar-refractivity contribution is -0.117. The monoisotopic (exact) mass is 361 g/mol. The van der Waals surface area contributed by atoms with Crippen molar-refractivity contribution in [1.29, 1.82) is 0 Å². The first-order valence-corrected chi connectivity index (χ1v) is 8.07. The summed E-state index contributed by atoms with van der Waals surface area (Å²) >= 11 is 0. The van der Waals surface area contributed by atoms with E-state index in [1.165, 1.54) is 0 Å². The number of nitrogens with one attached hydrogen (secondary N) is 1. The van der Waals surface area contributed by atoms with E-state index >= 15 is 0 Å². The Morgan fingerprint density at radius 2 is 1.56 bits per heavy atom. The molecule has 0 aliphatic rings. The molecule has 0 spiro atoms. The Balaban J connectivity index is 0.00000312. The number of carbonyl (C=O) groups excluding carboxylic acids is 2. The van der Waals surface area contributed by atoms with E-state index < -0.39 is 6.04 Å². The smallest absolute Gasteiger partial charge is 0.253 e. The summed E-state index contributed by atoms with van der Waals surface area (Å²) in [5.74, 6) is -0.303. The second-order valence-electron chi connectivity index (χ2n) is 5.43. The maximum absolute atomic E-state index is 12.3. The van der Waals surface area contributed by atoms with Gasteiger partial charge in [-0.1, -0.05) is 30.3 Å². The predicted molar refractivity (Wildman–Crippen MR) is 103 cm³/mol. The first-order valence-electron chi connectivity index (χ1n) is 8.07. The third kappa shape index (κ3) is 5.31. The molecule has 6 heteroatoms. The Labute approximate surface area is 154 Å². The van der Waals surface area contributed by atoms with Crippen LogP contribution in [0.25, 0.3) is 0 Å². The van der Waals surface area contributed by atoms with E-state index in [-0.39, 0.29) is 24.2 Å². The van der Waals surface area contributed by atoms with E-state index in [0.717, 1.165) is 5.56 Å². The minimum atomic E-state index is -0.733. The number of nitrogens with two attached hydrogens (primary N) is 1. The summed E-state index contributed by atoms with van der Waals surface area (Å²) in [5, 5.41) is 2.77. The number of rotatable bonds is 6. The van der Waals surface area contributed by atoms with Crippen molar-refractivity contribution in [1.82, 2.24) is 4.90 Å². The Hall–Kier alpha value is -2.37. The van der Waals surface area contributed by atoms with Crippen molar-refractivity contribution >= 4 is 29.9 Å². The van der Waals surface area contributed by atoms with Crippen molar-refractivity contribution in [2.45, 2.75) is 19.9 Å². The molecule has 0 radical (unpaired) electrons. The van der Waals surface area contributed by atoms with Crippen molar-refractivity contribution in [3.8, 4) is 0 Å². The summed E-state index contributed by atoms with van der Waals surface area (Å²) in [4.78, 5) is 26.2. The molecule has 1 atom stereocenters. The topological polar surface area (TPSA) is 75.4 Å². The fourth-order valence-corrected chi connectivity index (χ4v) is 2.42. The maximum atomic E-state index is 12.3. The molecule has 25 heavy (non-hydrogen) atoms.